The number of H-pyrrole nitrogens is 1. The highest BCUT2D eigenvalue weighted by molar-refractivity contribution is 7.90. The molecule has 7 heteroatoms. The number of nitrogens with one attached hydrogen (secondary N) is 1. The zero-order valence-corrected chi connectivity index (χ0v) is 16.8. The van der Waals surface area contributed by atoms with Gasteiger partial charge in [-0.05, 0) is 49.2 Å². The van der Waals surface area contributed by atoms with Crippen LogP contribution in [-0.4, -0.2) is 44.8 Å². The summed E-state index contributed by atoms with van der Waals surface area (Å²) in [5, 5.41) is 1.01. The van der Waals surface area contributed by atoms with Crippen molar-refractivity contribution in [3.63, 3.8) is 0 Å². The molecule has 1 heterocycles. The Bertz CT molecular complexity index is 1120. The smallest absolute Gasteiger partial charge is 0.252 e. The maximum absolute atomic E-state index is 12.2. The molecular formula is C21H24N2O4S. The van der Waals surface area contributed by atoms with Crippen LogP contribution in [0.4, 0.5) is 0 Å². The van der Waals surface area contributed by atoms with Gasteiger partial charge in [0, 0.05) is 30.4 Å². The minimum absolute atomic E-state index is 0.0700. The molecule has 0 saturated carbocycles. The SMILES string of the molecule is CN(CCCOc1cccc(S(C)(=O)=O)c1)Cc1cc2ccccc2[nH]c1=O. The Morgan fingerprint density at radius 3 is 2.64 bits per heavy atom. The average Bonchev–Trinajstić information content (AvgIpc) is 2.65. The van der Waals surface area contributed by atoms with E-state index in [4.69, 9.17) is 4.74 Å². The summed E-state index contributed by atoms with van der Waals surface area (Å²) < 4.78 is 28.9. The summed E-state index contributed by atoms with van der Waals surface area (Å²) in [7, 11) is -1.29. The molecule has 0 atom stereocenters. The molecular weight excluding hydrogens is 376 g/mol. The van der Waals surface area contributed by atoms with Crippen LogP contribution in [-0.2, 0) is 16.4 Å². The van der Waals surface area contributed by atoms with Gasteiger partial charge in [0.15, 0.2) is 9.84 Å². The quantitative estimate of drug-likeness (QED) is 0.588. The van der Waals surface area contributed by atoms with E-state index in [0.717, 1.165) is 29.4 Å². The number of ether oxygens (including phenoxy) is 1. The van der Waals surface area contributed by atoms with Crippen LogP contribution in [0.15, 0.2) is 64.3 Å². The highest BCUT2D eigenvalue weighted by Gasteiger charge is 2.09. The lowest BCUT2D eigenvalue weighted by Gasteiger charge is -2.16. The van der Waals surface area contributed by atoms with E-state index in [1.807, 2.05) is 37.4 Å². The van der Waals surface area contributed by atoms with Gasteiger partial charge in [0.1, 0.15) is 5.75 Å². The number of fused-ring (bicyclic) bond motifs is 1. The van der Waals surface area contributed by atoms with Crippen molar-refractivity contribution >= 4 is 20.7 Å². The summed E-state index contributed by atoms with van der Waals surface area (Å²) in [4.78, 5) is 17.5. The van der Waals surface area contributed by atoms with Crippen LogP contribution in [0.1, 0.15) is 12.0 Å². The van der Waals surface area contributed by atoms with Crippen molar-refractivity contribution in [3.05, 3.63) is 70.5 Å². The van der Waals surface area contributed by atoms with Crippen molar-refractivity contribution in [2.24, 2.45) is 0 Å². The maximum Gasteiger partial charge on any atom is 0.252 e. The Kier molecular flexibility index (Phi) is 6.16. The molecule has 0 saturated heterocycles. The van der Waals surface area contributed by atoms with Gasteiger partial charge in [0.25, 0.3) is 5.56 Å². The van der Waals surface area contributed by atoms with Crippen molar-refractivity contribution in [1.29, 1.82) is 0 Å². The Labute approximate surface area is 164 Å². The van der Waals surface area contributed by atoms with Gasteiger partial charge in [0.2, 0.25) is 0 Å². The van der Waals surface area contributed by atoms with Crippen LogP contribution in [0.3, 0.4) is 0 Å². The van der Waals surface area contributed by atoms with E-state index < -0.39 is 9.84 Å². The number of nitrogens with zero attached hydrogens (tertiary/aromatic N) is 1. The normalized spacial score (nSPS) is 11.8. The summed E-state index contributed by atoms with van der Waals surface area (Å²) in [6.45, 7) is 1.76. The number of sulfone groups is 1. The summed E-state index contributed by atoms with van der Waals surface area (Å²) in [6, 6.07) is 16.1. The zero-order valence-electron chi connectivity index (χ0n) is 16.0. The second-order valence-electron chi connectivity index (χ2n) is 6.90. The molecule has 0 aliphatic rings. The highest BCUT2D eigenvalue weighted by Crippen LogP contribution is 2.17. The molecule has 0 aliphatic carbocycles. The van der Waals surface area contributed by atoms with Crippen molar-refractivity contribution in [2.75, 3.05) is 26.5 Å². The van der Waals surface area contributed by atoms with Gasteiger partial charge >= 0.3 is 0 Å². The van der Waals surface area contributed by atoms with Gasteiger partial charge in [-0.3, -0.25) is 4.79 Å². The molecule has 28 heavy (non-hydrogen) atoms. The molecule has 0 radical (unpaired) electrons. The Hall–Kier alpha value is -2.64. The number of benzene rings is 2. The highest BCUT2D eigenvalue weighted by atomic mass is 32.2. The van der Waals surface area contributed by atoms with Crippen LogP contribution in [0.25, 0.3) is 10.9 Å². The van der Waals surface area contributed by atoms with Gasteiger partial charge in [-0.25, -0.2) is 8.42 Å². The molecule has 1 N–H and O–H groups in total. The van der Waals surface area contributed by atoms with Crippen molar-refractivity contribution in [1.82, 2.24) is 9.88 Å². The lowest BCUT2D eigenvalue weighted by molar-refractivity contribution is 0.258. The Morgan fingerprint density at radius 2 is 1.86 bits per heavy atom. The van der Waals surface area contributed by atoms with E-state index in [2.05, 4.69) is 9.88 Å². The fourth-order valence-electron chi connectivity index (χ4n) is 3.00. The molecule has 0 aliphatic heterocycles. The fourth-order valence-corrected chi connectivity index (χ4v) is 3.65. The number of para-hydroxylation sites is 1. The molecule has 6 nitrogen and oxygen atoms in total. The molecule has 0 fully saturated rings. The van der Waals surface area contributed by atoms with Gasteiger partial charge in [-0.15, -0.1) is 0 Å². The third kappa shape index (κ3) is 5.21. The zero-order chi connectivity index (χ0) is 20.1. The lowest BCUT2D eigenvalue weighted by atomic mass is 10.1. The number of pyridine rings is 1. The molecule has 3 aromatic rings. The summed E-state index contributed by atoms with van der Waals surface area (Å²) >= 11 is 0. The van der Waals surface area contributed by atoms with E-state index in [1.165, 1.54) is 12.3 Å². The first-order valence-corrected chi connectivity index (χ1v) is 10.9. The molecule has 3 rings (SSSR count). The van der Waals surface area contributed by atoms with Gasteiger partial charge in [-0.2, -0.15) is 0 Å². The third-order valence-corrected chi connectivity index (χ3v) is 5.57. The summed E-state index contributed by atoms with van der Waals surface area (Å²) in [5.41, 5.74) is 1.49. The predicted molar refractivity (Wildman–Crippen MR) is 111 cm³/mol. The lowest BCUT2D eigenvalue weighted by Crippen LogP contribution is -2.25. The molecule has 0 amide bonds. The van der Waals surface area contributed by atoms with Gasteiger partial charge in [0.05, 0.1) is 11.5 Å². The minimum Gasteiger partial charge on any atom is -0.494 e. The largest absolute Gasteiger partial charge is 0.494 e. The van der Waals surface area contributed by atoms with E-state index in [1.54, 1.807) is 18.2 Å². The number of aromatic nitrogens is 1. The third-order valence-electron chi connectivity index (χ3n) is 4.46. The van der Waals surface area contributed by atoms with Crippen LogP contribution < -0.4 is 10.3 Å². The summed E-state index contributed by atoms with van der Waals surface area (Å²) in [5.74, 6) is 0.538. The standard InChI is InChI=1S/C21H24N2O4S/c1-23(15-17-13-16-7-3-4-10-20(16)22-21(17)24)11-6-12-27-18-8-5-9-19(14-18)28(2,25)26/h3-5,7-10,13-14H,6,11-12,15H2,1-2H3,(H,22,24). The maximum atomic E-state index is 12.2. The second kappa shape index (κ2) is 8.58. The summed E-state index contributed by atoms with van der Waals surface area (Å²) in [6.07, 6.45) is 1.93. The molecule has 0 bridgehead atoms. The Morgan fingerprint density at radius 1 is 1.07 bits per heavy atom. The van der Waals surface area contributed by atoms with Crippen LogP contribution in [0, 0.1) is 0 Å². The molecule has 0 spiro atoms. The number of rotatable bonds is 8. The number of aromatic amines is 1. The monoisotopic (exact) mass is 400 g/mol. The predicted octanol–water partition coefficient (Wildman–Crippen LogP) is 2.83. The number of hydrogen-bond donors (Lipinski definition) is 1. The van der Waals surface area contributed by atoms with E-state index in [9.17, 15) is 13.2 Å². The average molecular weight is 401 g/mol. The minimum atomic E-state index is -3.24. The van der Waals surface area contributed by atoms with Gasteiger partial charge < -0.3 is 14.6 Å². The molecule has 1 aromatic heterocycles. The molecule has 0 unspecified atom stereocenters. The van der Waals surface area contributed by atoms with Crippen LogP contribution >= 0.6 is 0 Å². The number of hydrogen-bond acceptors (Lipinski definition) is 5. The second-order valence-corrected chi connectivity index (χ2v) is 8.91. The van der Waals surface area contributed by atoms with Crippen LogP contribution in [0.2, 0.25) is 0 Å². The van der Waals surface area contributed by atoms with E-state index >= 15 is 0 Å². The van der Waals surface area contributed by atoms with Crippen molar-refractivity contribution in [3.8, 4) is 5.75 Å². The molecule has 2 aromatic carbocycles. The fraction of sp³-hybridized carbons (Fsp3) is 0.286. The first-order valence-electron chi connectivity index (χ1n) is 9.05. The topological polar surface area (TPSA) is 79.5 Å². The van der Waals surface area contributed by atoms with E-state index in [0.29, 0.717) is 18.9 Å². The van der Waals surface area contributed by atoms with Crippen molar-refractivity contribution in [2.45, 2.75) is 17.9 Å². The van der Waals surface area contributed by atoms with Crippen molar-refractivity contribution < 1.29 is 13.2 Å². The van der Waals surface area contributed by atoms with Gasteiger partial charge in [-0.1, -0.05) is 24.3 Å². The van der Waals surface area contributed by atoms with Crippen LogP contribution in [0.5, 0.6) is 5.75 Å². The Balaban J connectivity index is 1.52. The first kappa shape index (κ1) is 20.1. The first-order chi connectivity index (χ1) is 13.3. The molecule has 148 valence electrons. The van der Waals surface area contributed by atoms with E-state index in [-0.39, 0.29) is 10.5 Å².